The molecule has 1 saturated heterocycles. The van der Waals surface area contributed by atoms with Crippen molar-refractivity contribution >= 4 is 50.3 Å². The van der Waals surface area contributed by atoms with Crippen molar-refractivity contribution in [3.63, 3.8) is 0 Å². The Morgan fingerprint density at radius 1 is 1.03 bits per heavy atom. The van der Waals surface area contributed by atoms with Gasteiger partial charge in [-0.25, -0.2) is 8.42 Å². The molecule has 0 aromatic heterocycles. The molecule has 10 heteroatoms. The van der Waals surface area contributed by atoms with E-state index in [-0.39, 0.29) is 20.4 Å². The molecule has 2 aliphatic rings. The zero-order valence-corrected chi connectivity index (χ0v) is 21.9. The Kier molecular flexibility index (Phi) is 7.00. The summed E-state index contributed by atoms with van der Waals surface area (Å²) in [5.41, 5.74) is 2.18. The molecule has 2 aromatic carbocycles. The van der Waals surface area contributed by atoms with E-state index in [0.29, 0.717) is 25.5 Å². The first-order valence-corrected chi connectivity index (χ1v) is 13.7. The first-order chi connectivity index (χ1) is 15.5. The first kappa shape index (κ1) is 24.7. The Morgan fingerprint density at radius 3 is 2.27 bits per heavy atom. The highest BCUT2D eigenvalue weighted by Gasteiger charge is 2.35. The molecule has 0 aliphatic carbocycles. The van der Waals surface area contributed by atoms with E-state index in [1.54, 1.807) is 0 Å². The summed E-state index contributed by atoms with van der Waals surface area (Å²) in [6.07, 6.45) is 1.11. The second-order valence-electron chi connectivity index (χ2n) is 9.14. The monoisotopic (exact) mass is 532 g/mol. The van der Waals surface area contributed by atoms with Crippen molar-refractivity contribution in [2.24, 2.45) is 0 Å². The van der Waals surface area contributed by atoms with Gasteiger partial charge in [-0.05, 0) is 24.3 Å². The summed E-state index contributed by atoms with van der Waals surface area (Å²) in [5, 5.41) is 1.10. The maximum absolute atomic E-state index is 11.7. The van der Waals surface area contributed by atoms with Gasteiger partial charge in [0.05, 0.1) is 27.2 Å². The lowest BCUT2D eigenvalue weighted by molar-refractivity contribution is 0.200. The number of rotatable bonds is 6. The van der Waals surface area contributed by atoms with Gasteiger partial charge in [0.2, 0.25) is 0 Å². The number of ether oxygens (including phenoxy) is 2. The smallest absolute Gasteiger partial charge is 0.175 e. The van der Waals surface area contributed by atoms with E-state index >= 15 is 0 Å². The summed E-state index contributed by atoms with van der Waals surface area (Å²) in [4.78, 5) is 4.70. The van der Waals surface area contributed by atoms with E-state index < -0.39 is 9.84 Å². The van der Waals surface area contributed by atoms with Crippen molar-refractivity contribution in [3.8, 4) is 11.5 Å². The minimum absolute atomic E-state index is 0.0454. The fourth-order valence-corrected chi connectivity index (χ4v) is 5.78. The van der Waals surface area contributed by atoms with E-state index in [1.165, 1.54) is 12.1 Å². The Morgan fingerprint density at radius 2 is 1.67 bits per heavy atom. The lowest BCUT2D eigenvalue weighted by atomic mass is 9.86. The third-order valence-corrected chi connectivity index (χ3v) is 7.98. The summed E-state index contributed by atoms with van der Waals surface area (Å²) in [6.45, 7) is 9.51. The molecule has 2 aliphatic heterocycles. The molecule has 0 N–H and O–H groups in total. The molecule has 4 rings (SSSR count). The third-order valence-electron chi connectivity index (χ3n) is 6.11. The zero-order chi connectivity index (χ0) is 24.0. The number of benzene rings is 2. The summed E-state index contributed by atoms with van der Waals surface area (Å²) in [6, 6.07) is 6.73. The SMILES string of the molecule is CC1(C)COc2c(N3CCN(CCOc4c(Cl)cc(S(C)(=O)=O)cc4Cl)CC3)cc(Cl)cc21. The van der Waals surface area contributed by atoms with Crippen LogP contribution in [0.25, 0.3) is 0 Å². The van der Waals surface area contributed by atoms with E-state index in [0.717, 1.165) is 54.5 Å². The van der Waals surface area contributed by atoms with Crippen molar-refractivity contribution in [1.82, 2.24) is 4.90 Å². The molecule has 180 valence electrons. The maximum Gasteiger partial charge on any atom is 0.175 e. The number of piperazine rings is 1. The molecule has 2 aromatic rings. The van der Waals surface area contributed by atoms with Gasteiger partial charge < -0.3 is 14.4 Å². The topological polar surface area (TPSA) is 59.1 Å². The highest BCUT2D eigenvalue weighted by molar-refractivity contribution is 7.90. The molecule has 6 nitrogen and oxygen atoms in total. The quantitative estimate of drug-likeness (QED) is 0.525. The molecule has 0 atom stereocenters. The normalized spacial score (nSPS) is 18.2. The van der Waals surface area contributed by atoms with Crippen LogP contribution < -0.4 is 14.4 Å². The van der Waals surface area contributed by atoms with Gasteiger partial charge in [-0.1, -0.05) is 48.7 Å². The van der Waals surface area contributed by atoms with Gasteiger partial charge in [-0.2, -0.15) is 0 Å². The molecule has 0 amide bonds. The Balaban J connectivity index is 1.34. The number of nitrogens with zero attached hydrogens (tertiary/aromatic N) is 2. The van der Waals surface area contributed by atoms with Gasteiger partial charge in [0.1, 0.15) is 12.4 Å². The van der Waals surface area contributed by atoms with Crippen LogP contribution in [0.15, 0.2) is 29.2 Å². The summed E-state index contributed by atoms with van der Waals surface area (Å²) < 4.78 is 35.3. The van der Waals surface area contributed by atoms with Gasteiger partial charge in [0.15, 0.2) is 15.6 Å². The van der Waals surface area contributed by atoms with Crippen LogP contribution in [0.5, 0.6) is 11.5 Å². The molecular formula is C23H27Cl3N2O4S. The molecule has 0 bridgehead atoms. The van der Waals surface area contributed by atoms with Crippen LogP contribution in [0.1, 0.15) is 19.4 Å². The molecule has 2 heterocycles. The van der Waals surface area contributed by atoms with Crippen molar-refractivity contribution in [2.75, 3.05) is 57.1 Å². The lowest BCUT2D eigenvalue weighted by Gasteiger charge is -2.36. The first-order valence-electron chi connectivity index (χ1n) is 10.7. The van der Waals surface area contributed by atoms with Crippen LogP contribution in [-0.4, -0.2) is 65.5 Å². The largest absolute Gasteiger partial charge is 0.490 e. The molecule has 1 fully saturated rings. The average Bonchev–Trinajstić information content (AvgIpc) is 3.03. The van der Waals surface area contributed by atoms with Gasteiger partial charge in [-0.3, -0.25) is 4.90 Å². The molecule has 33 heavy (non-hydrogen) atoms. The standard InChI is InChI=1S/C23H27Cl3N2O4S/c1-23(2)14-32-21-17(23)10-15(24)11-20(21)28-6-4-27(5-7-28)8-9-31-22-18(25)12-16(13-19(22)26)33(3,29)30/h10-13H,4-9,14H2,1-3H3. The van der Waals surface area contributed by atoms with Crippen LogP contribution in [-0.2, 0) is 15.3 Å². The second kappa shape index (κ2) is 9.34. The summed E-state index contributed by atoms with van der Waals surface area (Å²) in [5.74, 6) is 1.25. The molecule has 0 spiro atoms. The summed E-state index contributed by atoms with van der Waals surface area (Å²) >= 11 is 18.8. The number of hydrogen-bond donors (Lipinski definition) is 0. The predicted molar refractivity (Wildman–Crippen MR) is 134 cm³/mol. The minimum atomic E-state index is -3.40. The van der Waals surface area contributed by atoms with Crippen LogP contribution in [0, 0.1) is 0 Å². The van der Waals surface area contributed by atoms with Crippen molar-refractivity contribution < 1.29 is 17.9 Å². The van der Waals surface area contributed by atoms with Crippen molar-refractivity contribution in [3.05, 3.63) is 44.9 Å². The van der Waals surface area contributed by atoms with E-state index in [2.05, 4.69) is 23.6 Å². The molecule has 0 radical (unpaired) electrons. The number of fused-ring (bicyclic) bond motifs is 1. The Bertz CT molecular complexity index is 1140. The molecular weight excluding hydrogens is 507 g/mol. The number of hydrogen-bond acceptors (Lipinski definition) is 6. The van der Waals surface area contributed by atoms with Gasteiger partial charge in [0, 0.05) is 55.0 Å². The number of halogens is 3. The van der Waals surface area contributed by atoms with E-state index in [9.17, 15) is 8.42 Å². The predicted octanol–water partition coefficient (Wildman–Crippen LogP) is 4.92. The number of sulfone groups is 1. The lowest BCUT2D eigenvalue weighted by Crippen LogP contribution is -2.47. The average molecular weight is 534 g/mol. The van der Waals surface area contributed by atoms with Crippen LogP contribution in [0.3, 0.4) is 0 Å². The van der Waals surface area contributed by atoms with Gasteiger partial charge >= 0.3 is 0 Å². The van der Waals surface area contributed by atoms with E-state index in [4.69, 9.17) is 44.3 Å². The number of anilines is 1. The van der Waals surface area contributed by atoms with Gasteiger partial charge in [-0.15, -0.1) is 0 Å². The van der Waals surface area contributed by atoms with Gasteiger partial charge in [0.25, 0.3) is 0 Å². The molecule has 0 saturated carbocycles. The van der Waals surface area contributed by atoms with Crippen molar-refractivity contribution in [1.29, 1.82) is 0 Å². The van der Waals surface area contributed by atoms with Crippen molar-refractivity contribution in [2.45, 2.75) is 24.2 Å². The highest BCUT2D eigenvalue weighted by Crippen LogP contribution is 2.46. The molecule has 0 unspecified atom stereocenters. The third kappa shape index (κ3) is 5.33. The zero-order valence-electron chi connectivity index (χ0n) is 18.8. The highest BCUT2D eigenvalue weighted by atomic mass is 35.5. The minimum Gasteiger partial charge on any atom is -0.490 e. The Hall–Kier alpha value is -1.38. The van der Waals surface area contributed by atoms with Crippen LogP contribution >= 0.6 is 34.8 Å². The summed E-state index contributed by atoms with van der Waals surface area (Å²) in [7, 11) is -3.40. The van der Waals surface area contributed by atoms with Crippen LogP contribution in [0.4, 0.5) is 5.69 Å². The second-order valence-corrected chi connectivity index (χ2v) is 12.4. The Labute approximate surface area is 210 Å². The van der Waals surface area contributed by atoms with E-state index in [1.807, 2.05) is 12.1 Å². The fraction of sp³-hybridized carbons (Fsp3) is 0.478. The van der Waals surface area contributed by atoms with Crippen LogP contribution in [0.2, 0.25) is 15.1 Å². The maximum atomic E-state index is 11.7. The fourth-order valence-electron chi connectivity index (χ4n) is 4.18.